The Morgan fingerprint density at radius 1 is 1.21 bits per heavy atom. The van der Waals surface area contributed by atoms with E-state index in [1.807, 2.05) is 41.8 Å². The van der Waals surface area contributed by atoms with E-state index in [1.54, 1.807) is 17.0 Å². The zero-order valence-electron chi connectivity index (χ0n) is 15.0. The van der Waals surface area contributed by atoms with Gasteiger partial charge < -0.3 is 4.74 Å². The van der Waals surface area contributed by atoms with Crippen LogP contribution in [-0.2, 0) is 4.74 Å². The third kappa shape index (κ3) is 4.23. The van der Waals surface area contributed by atoms with Gasteiger partial charge in [0.15, 0.2) is 5.13 Å². The zero-order valence-corrected chi connectivity index (χ0v) is 17.3. The number of thiazole rings is 1. The van der Waals surface area contributed by atoms with Crippen molar-refractivity contribution < 1.29 is 9.53 Å². The van der Waals surface area contributed by atoms with Gasteiger partial charge in [0, 0.05) is 28.1 Å². The van der Waals surface area contributed by atoms with Gasteiger partial charge in [-0.05, 0) is 43.2 Å². The summed E-state index contributed by atoms with van der Waals surface area (Å²) in [5, 5.41) is 3.64. The van der Waals surface area contributed by atoms with E-state index in [9.17, 15) is 4.79 Å². The van der Waals surface area contributed by atoms with Crippen LogP contribution in [0.5, 0.6) is 0 Å². The molecule has 7 heteroatoms. The first-order chi connectivity index (χ1) is 13.6. The molecule has 4 rings (SSSR count). The van der Waals surface area contributed by atoms with Crippen LogP contribution in [0.2, 0.25) is 10.0 Å². The average Bonchev–Trinajstić information content (AvgIpc) is 3.38. The Labute approximate surface area is 177 Å². The predicted molar refractivity (Wildman–Crippen MR) is 115 cm³/mol. The monoisotopic (exact) mass is 432 g/mol. The van der Waals surface area contributed by atoms with Crippen LogP contribution in [0.25, 0.3) is 11.3 Å². The minimum absolute atomic E-state index is 0.0270. The lowest BCUT2D eigenvalue weighted by molar-refractivity contribution is 0.0917. The van der Waals surface area contributed by atoms with E-state index in [2.05, 4.69) is 0 Å². The van der Waals surface area contributed by atoms with Crippen LogP contribution < -0.4 is 4.90 Å². The van der Waals surface area contributed by atoms with Crippen LogP contribution in [0.1, 0.15) is 23.2 Å². The average molecular weight is 433 g/mol. The molecule has 1 unspecified atom stereocenters. The standard InChI is InChI=1S/C21H18Cl2N2O2S/c22-15-8-9-17(18(23)11-15)19-13-28-21(24-19)25(12-16-7-4-10-27-16)20(26)14-5-2-1-3-6-14/h1-3,5-6,8-9,11,13,16H,4,7,10,12H2. The highest BCUT2D eigenvalue weighted by atomic mass is 35.5. The number of ether oxygens (including phenoxy) is 1. The van der Waals surface area contributed by atoms with Gasteiger partial charge in [0.25, 0.3) is 5.91 Å². The molecule has 1 saturated heterocycles. The molecule has 1 aliphatic heterocycles. The van der Waals surface area contributed by atoms with Gasteiger partial charge in [-0.3, -0.25) is 9.69 Å². The summed E-state index contributed by atoms with van der Waals surface area (Å²) in [7, 11) is 0. The summed E-state index contributed by atoms with van der Waals surface area (Å²) in [6, 6.07) is 14.6. The molecular formula is C21H18Cl2N2O2S. The van der Waals surface area contributed by atoms with Crippen LogP contribution in [0.3, 0.4) is 0 Å². The number of aromatic nitrogens is 1. The van der Waals surface area contributed by atoms with Gasteiger partial charge >= 0.3 is 0 Å². The van der Waals surface area contributed by atoms with E-state index in [0.29, 0.717) is 27.3 Å². The van der Waals surface area contributed by atoms with Crippen molar-refractivity contribution in [2.45, 2.75) is 18.9 Å². The van der Waals surface area contributed by atoms with Gasteiger partial charge in [-0.2, -0.15) is 0 Å². The molecule has 1 aromatic heterocycles. The Bertz CT molecular complexity index is 972. The highest BCUT2D eigenvalue weighted by molar-refractivity contribution is 7.14. The number of anilines is 1. The lowest BCUT2D eigenvalue weighted by atomic mass is 10.1. The molecule has 1 fully saturated rings. The number of halogens is 2. The second-order valence-corrected chi connectivity index (χ2v) is 8.24. The number of carbonyl (C=O) groups excluding carboxylic acids is 1. The normalized spacial score (nSPS) is 16.3. The summed E-state index contributed by atoms with van der Waals surface area (Å²) in [4.78, 5) is 19.6. The maximum atomic E-state index is 13.2. The topological polar surface area (TPSA) is 42.4 Å². The molecular weight excluding hydrogens is 415 g/mol. The van der Waals surface area contributed by atoms with Gasteiger partial charge in [0.05, 0.1) is 23.4 Å². The Morgan fingerprint density at radius 2 is 2.04 bits per heavy atom. The molecule has 0 saturated carbocycles. The Morgan fingerprint density at radius 3 is 2.75 bits per heavy atom. The molecule has 1 amide bonds. The Balaban J connectivity index is 1.66. The van der Waals surface area contributed by atoms with Gasteiger partial charge in [-0.15, -0.1) is 11.3 Å². The summed E-state index contributed by atoms with van der Waals surface area (Å²) >= 11 is 13.7. The number of amides is 1. The highest BCUT2D eigenvalue weighted by Crippen LogP contribution is 2.34. The summed E-state index contributed by atoms with van der Waals surface area (Å²) in [5.74, 6) is -0.0841. The maximum Gasteiger partial charge on any atom is 0.260 e. The minimum atomic E-state index is -0.0841. The number of hydrogen-bond donors (Lipinski definition) is 0. The molecule has 3 aromatic rings. The van der Waals surface area contributed by atoms with Crippen molar-refractivity contribution in [3.8, 4) is 11.3 Å². The zero-order chi connectivity index (χ0) is 19.5. The van der Waals surface area contributed by atoms with Crippen LogP contribution in [0.4, 0.5) is 5.13 Å². The SMILES string of the molecule is O=C(c1ccccc1)N(CC1CCCO1)c1nc(-c2ccc(Cl)cc2Cl)cs1. The first-order valence-electron chi connectivity index (χ1n) is 9.01. The van der Waals surface area contributed by atoms with Crippen molar-refractivity contribution in [2.75, 3.05) is 18.1 Å². The first kappa shape index (κ1) is 19.4. The van der Waals surface area contributed by atoms with Crippen molar-refractivity contribution in [1.29, 1.82) is 0 Å². The summed E-state index contributed by atoms with van der Waals surface area (Å²) < 4.78 is 5.76. The van der Waals surface area contributed by atoms with Gasteiger partial charge in [0.1, 0.15) is 0 Å². The van der Waals surface area contributed by atoms with Gasteiger partial charge in [-0.25, -0.2) is 4.98 Å². The number of benzene rings is 2. The molecule has 28 heavy (non-hydrogen) atoms. The number of hydrogen-bond acceptors (Lipinski definition) is 4. The summed E-state index contributed by atoms with van der Waals surface area (Å²) in [6.07, 6.45) is 1.99. The molecule has 0 radical (unpaired) electrons. The van der Waals surface area contributed by atoms with Crippen molar-refractivity contribution >= 4 is 45.6 Å². The Kier molecular flexibility index (Phi) is 5.97. The number of carbonyl (C=O) groups is 1. The molecule has 1 atom stereocenters. The second kappa shape index (κ2) is 8.62. The fraction of sp³-hybridized carbons (Fsp3) is 0.238. The molecule has 2 aromatic carbocycles. The van der Waals surface area contributed by atoms with Gasteiger partial charge in [0.2, 0.25) is 0 Å². The second-order valence-electron chi connectivity index (χ2n) is 6.56. The fourth-order valence-electron chi connectivity index (χ4n) is 3.19. The number of nitrogens with zero attached hydrogens (tertiary/aromatic N) is 2. The molecule has 2 heterocycles. The summed E-state index contributed by atoms with van der Waals surface area (Å²) in [5.41, 5.74) is 2.14. The number of rotatable bonds is 5. The third-order valence-corrected chi connectivity index (χ3v) is 6.02. The van der Waals surface area contributed by atoms with Crippen LogP contribution in [0.15, 0.2) is 53.9 Å². The quantitative estimate of drug-likeness (QED) is 0.500. The third-order valence-electron chi connectivity index (χ3n) is 4.61. The van der Waals surface area contributed by atoms with Crippen LogP contribution >= 0.6 is 34.5 Å². The smallest absolute Gasteiger partial charge is 0.260 e. The molecule has 1 aliphatic rings. The van der Waals surface area contributed by atoms with E-state index in [-0.39, 0.29) is 12.0 Å². The van der Waals surface area contributed by atoms with Crippen LogP contribution in [0, 0.1) is 0 Å². The van der Waals surface area contributed by atoms with Crippen molar-refractivity contribution in [1.82, 2.24) is 4.98 Å². The fourth-order valence-corrected chi connectivity index (χ4v) is 4.52. The largest absolute Gasteiger partial charge is 0.376 e. The Hall–Kier alpha value is -1.92. The molecule has 144 valence electrons. The summed E-state index contributed by atoms with van der Waals surface area (Å²) in [6.45, 7) is 1.22. The van der Waals surface area contributed by atoms with E-state index in [1.165, 1.54) is 11.3 Å². The van der Waals surface area contributed by atoms with E-state index < -0.39 is 0 Å². The van der Waals surface area contributed by atoms with Crippen molar-refractivity contribution in [3.05, 3.63) is 69.5 Å². The molecule has 4 nitrogen and oxygen atoms in total. The van der Waals surface area contributed by atoms with E-state index in [0.717, 1.165) is 30.7 Å². The van der Waals surface area contributed by atoms with E-state index in [4.69, 9.17) is 32.9 Å². The lowest BCUT2D eigenvalue weighted by Gasteiger charge is -2.23. The first-order valence-corrected chi connectivity index (χ1v) is 10.6. The van der Waals surface area contributed by atoms with Crippen LogP contribution in [-0.4, -0.2) is 30.1 Å². The van der Waals surface area contributed by atoms with Gasteiger partial charge in [-0.1, -0.05) is 41.4 Å². The highest BCUT2D eigenvalue weighted by Gasteiger charge is 2.27. The minimum Gasteiger partial charge on any atom is -0.376 e. The van der Waals surface area contributed by atoms with Crippen molar-refractivity contribution in [3.63, 3.8) is 0 Å². The van der Waals surface area contributed by atoms with E-state index >= 15 is 0 Å². The molecule has 0 N–H and O–H groups in total. The maximum absolute atomic E-state index is 13.2. The predicted octanol–water partition coefficient (Wildman–Crippen LogP) is 5.94. The van der Waals surface area contributed by atoms with Crippen molar-refractivity contribution in [2.24, 2.45) is 0 Å². The molecule has 0 spiro atoms. The lowest BCUT2D eigenvalue weighted by Crippen LogP contribution is -2.37. The molecule has 0 bridgehead atoms. The molecule has 0 aliphatic carbocycles.